The van der Waals surface area contributed by atoms with E-state index in [1.54, 1.807) is 0 Å². The fraction of sp³-hybridized carbons (Fsp3) is 1.00. The van der Waals surface area contributed by atoms with Crippen LogP contribution < -0.4 is 5.73 Å². The Morgan fingerprint density at radius 1 is 1.36 bits per heavy atom. The molecule has 0 aliphatic carbocycles. The van der Waals surface area contributed by atoms with Crippen LogP contribution in [0.25, 0.3) is 0 Å². The predicted octanol–water partition coefficient (Wildman–Crippen LogP) is -1.49. The summed E-state index contributed by atoms with van der Waals surface area (Å²) < 4.78 is 5.35. The van der Waals surface area contributed by atoms with Gasteiger partial charge in [0, 0.05) is 0 Å². The Hall–Kier alpha value is 0.150. The van der Waals surface area contributed by atoms with Crippen molar-refractivity contribution in [2.45, 2.75) is 36.7 Å². The molecule has 0 bridgehead atoms. The van der Waals surface area contributed by atoms with Crippen LogP contribution in [-0.4, -0.2) is 57.5 Å². The summed E-state index contributed by atoms with van der Waals surface area (Å²) in [6.45, 7) is 1.64. The first kappa shape index (κ1) is 12.2. The largest absolute Gasteiger partial charge is 0.394 e. The highest BCUT2D eigenvalue weighted by atomic mass is 32.2. The third-order valence-corrected chi connectivity index (χ3v) is 3.35. The first-order chi connectivity index (χ1) is 6.61. The van der Waals surface area contributed by atoms with Gasteiger partial charge in [-0.25, -0.2) is 0 Å². The molecule has 0 aromatic carbocycles. The van der Waals surface area contributed by atoms with Crippen LogP contribution in [0, 0.1) is 0 Å². The van der Waals surface area contributed by atoms with Crippen LogP contribution in [0.2, 0.25) is 0 Å². The van der Waals surface area contributed by atoms with Gasteiger partial charge in [0.1, 0.15) is 23.7 Å². The molecule has 0 saturated carbocycles. The Kier molecular flexibility index (Phi) is 4.62. The fourth-order valence-electron chi connectivity index (χ4n) is 1.42. The second-order valence-corrected chi connectivity index (χ2v) is 4.61. The Bertz CT molecular complexity index is 179. The SMILES string of the molecule is CCS[C@@H]1O[C@H](CO)[C@@H](O)[C@H](O)[C@H]1N. The molecule has 5 nitrogen and oxygen atoms in total. The van der Waals surface area contributed by atoms with Crippen molar-refractivity contribution in [1.82, 2.24) is 0 Å². The highest BCUT2D eigenvalue weighted by molar-refractivity contribution is 7.99. The zero-order valence-corrected chi connectivity index (χ0v) is 8.85. The van der Waals surface area contributed by atoms with Crippen LogP contribution in [-0.2, 0) is 4.74 Å². The Morgan fingerprint density at radius 2 is 2.00 bits per heavy atom. The van der Waals surface area contributed by atoms with Gasteiger partial charge in [-0.2, -0.15) is 0 Å². The van der Waals surface area contributed by atoms with E-state index >= 15 is 0 Å². The first-order valence-electron chi connectivity index (χ1n) is 4.61. The van der Waals surface area contributed by atoms with Crippen molar-refractivity contribution in [1.29, 1.82) is 0 Å². The second-order valence-electron chi connectivity index (χ2n) is 3.24. The van der Waals surface area contributed by atoms with Crippen molar-refractivity contribution in [3.8, 4) is 0 Å². The van der Waals surface area contributed by atoms with E-state index in [0.29, 0.717) is 0 Å². The predicted molar refractivity (Wildman–Crippen MR) is 53.9 cm³/mol. The van der Waals surface area contributed by atoms with Gasteiger partial charge in [-0.3, -0.25) is 0 Å². The van der Waals surface area contributed by atoms with Gasteiger partial charge in [0.2, 0.25) is 0 Å². The molecule has 0 amide bonds. The van der Waals surface area contributed by atoms with E-state index in [9.17, 15) is 10.2 Å². The molecule has 14 heavy (non-hydrogen) atoms. The molecule has 0 aromatic heterocycles. The van der Waals surface area contributed by atoms with E-state index in [1.807, 2.05) is 6.92 Å². The number of hydrogen-bond acceptors (Lipinski definition) is 6. The number of aliphatic hydroxyl groups excluding tert-OH is 3. The van der Waals surface area contributed by atoms with Crippen LogP contribution in [0.1, 0.15) is 6.92 Å². The van der Waals surface area contributed by atoms with Gasteiger partial charge >= 0.3 is 0 Å². The fourth-order valence-corrected chi connectivity index (χ4v) is 2.35. The summed E-state index contributed by atoms with van der Waals surface area (Å²) in [5.74, 6) is 0.805. The standard InChI is InChI=1S/C8H17NO4S/c1-2-14-8-5(9)7(12)6(11)4(3-10)13-8/h4-8,10-12H,2-3,9H2,1H3/t4-,5-,6-,7-,8+/m1/s1. The monoisotopic (exact) mass is 223 g/mol. The second kappa shape index (κ2) is 5.29. The molecule has 5 N–H and O–H groups in total. The summed E-state index contributed by atoms with van der Waals surface area (Å²) in [6.07, 6.45) is -2.89. The van der Waals surface area contributed by atoms with Crippen LogP contribution in [0.15, 0.2) is 0 Å². The molecule has 0 radical (unpaired) electrons. The van der Waals surface area contributed by atoms with E-state index in [4.69, 9.17) is 15.6 Å². The van der Waals surface area contributed by atoms with Gasteiger partial charge in [0.25, 0.3) is 0 Å². The van der Waals surface area contributed by atoms with E-state index in [1.165, 1.54) is 11.8 Å². The number of nitrogens with two attached hydrogens (primary N) is 1. The minimum absolute atomic E-state index is 0.314. The lowest BCUT2D eigenvalue weighted by molar-refractivity contribution is -0.165. The molecule has 1 heterocycles. The summed E-state index contributed by atoms with van der Waals surface area (Å²) in [7, 11) is 0. The van der Waals surface area contributed by atoms with Crippen LogP contribution in [0.5, 0.6) is 0 Å². The lowest BCUT2D eigenvalue weighted by atomic mass is 9.99. The Morgan fingerprint density at radius 3 is 2.50 bits per heavy atom. The van der Waals surface area contributed by atoms with Gasteiger partial charge in [0.15, 0.2) is 0 Å². The van der Waals surface area contributed by atoms with Crippen molar-refractivity contribution < 1.29 is 20.1 Å². The van der Waals surface area contributed by atoms with Crippen molar-refractivity contribution in [2.24, 2.45) is 5.73 Å². The normalized spacial score (nSPS) is 43.9. The molecule has 6 heteroatoms. The van der Waals surface area contributed by atoms with Gasteiger partial charge in [-0.05, 0) is 5.75 Å². The van der Waals surface area contributed by atoms with Crippen LogP contribution in [0.3, 0.4) is 0 Å². The average molecular weight is 223 g/mol. The molecule has 84 valence electrons. The van der Waals surface area contributed by atoms with Gasteiger partial charge in [-0.1, -0.05) is 6.92 Å². The topological polar surface area (TPSA) is 95.9 Å². The van der Waals surface area contributed by atoms with Gasteiger partial charge < -0.3 is 25.8 Å². The number of thioether (sulfide) groups is 1. The van der Waals surface area contributed by atoms with E-state index < -0.39 is 24.4 Å². The molecule has 1 aliphatic rings. The van der Waals surface area contributed by atoms with Crippen LogP contribution >= 0.6 is 11.8 Å². The summed E-state index contributed by atoms with van der Waals surface area (Å²) >= 11 is 1.46. The molecule has 0 spiro atoms. The Labute approximate surface area is 87.2 Å². The van der Waals surface area contributed by atoms with Crippen LogP contribution in [0.4, 0.5) is 0 Å². The molecule has 0 aromatic rings. The molecular weight excluding hydrogens is 206 g/mol. The van der Waals surface area contributed by atoms with Crippen molar-refractivity contribution in [2.75, 3.05) is 12.4 Å². The lowest BCUT2D eigenvalue weighted by Gasteiger charge is -2.40. The molecule has 1 rings (SSSR count). The Balaban J connectivity index is 2.63. The van der Waals surface area contributed by atoms with Crippen molar-refractivity contribution in [3.63, 3.8) is 0 Å². The summed E-state index contributed by atoms with van der Waals surface area (Å²) in [5, 5.41) is 27.9. The smallest absolute Gasteiger partial charge is 0.121 e. The zero-order valence-electron chi connectivity index (χ0n) is 8.04. The van der Waals surface area contributed by atoms with E-state index in [0.717, 1.165) is 5.75 Å². The highest BCUT2D eigenvalue weighted by Gasteiger charge is 2.42. The third kappa shape index (κ3) is 2.39. The number of rotatable bonds is 3. The first-order valence-corrected chi connectivity index (χ1v) is 5.66. The molecule has 0 unspecified atom stereocenters. The summed E-state index contributed by atoms with van der Waals surface area (Å²) in [4.78, 5) is 0. The van der Waals surface area contributed by atoms with Gasteiger partial charge in [0.05, 0.1) is 12.6 Å². The molecule has 5 atom stereocenters. The number of hydrogen-bond donors (Lipinski definition) is 4. The maximum absolute atomic E-state index is 9.57. The maximum Gasteiger partial charge on any atom is 0.121 e. The highest BCUT2D eigenvalue weighted by Crippen LogP contribution is 2.26. The van der Waals surface area contributed by atoms with E-state index in [-0.39, 0.29) is 12.0 Å². The minimum Gasteiger partial charge on any atom is -0.394 e. The summed E-state index contributed by atoms with van der Waals surface area (Å²) in [5.41, 5.74) is 5.31. The third-order valence-electron chi connectivity index (χ3n) is 2.26. The van der Waals surface area contributed by atoms with Gasteiger partial charge in [-0.15, -0.1) is 11.8 Å². The summed E-state index contributed by atoms with van der Waals surface area (Å²) in [6, 6.07) is -0.613. The quantitative estimate of drug-likeness (QED) is 0.465. The minimum atomic E-state index is -1.11. The molecule has 1 saturated heterocycles. The van der Waals surface area contributed by atoms with Crippen molar-refractivity contribution >= 4 is 11.8 Å². The average Bonchev–Trinajstić information content (AvgIpc) is 2.19. The van der Waals surface area contributed by atoms with E-state index in [2.05, 4.69) is 0 Å². The molecule has 1 aliphatic heterocycles. The molecule has 1 fully saturated rings. The lowest BCUT2D eigenvalue weighted by Crippen LogP contribution is -2.60. The molecular formula is C8H17NO4S. The van der Waals surface area contributed by atoms with Crippen molar-refractivity contribution in [3.05, 3.63) is 0 Å². The maximum atomic E-state index is 9.57. The zero-order chi connectivity index (χ0) is 10.7. The number of aliphatic hydroxyl groups is 3. The number of ether oxygens (including phenoxy) is 1.